The van der Waals surface area contributed by atoms with Gasteiger partial charge in [0.2, 0.25) is 6.54 Å². The summed E-state index contributed by atoms with van der Waals surface area (Å²) in [5.74, 6) is -1.15. The Labute approximate surface area is 507 Å². The molecule has 86 heavy (non-hydrogen) atoms. The molecule has 0 aliphatic carbocycles. The third kappa shape index (κ3) is 23.1. The fourth-order valence-electron chi connectivity index (χ4n) is 9.09. The highest BCUT2D eigenvalue weighted by molar-refractivity contribution is 7.93. The zero-order valence-corrected chi connectivity index (χ0v) is 52.0. The molecule has 0 aromatic heterocycles. The van der Waals surface area contributed by atoms with E-state index in [4.69, 9.17) is 35.9 Å². The molecule has 3 N–H and O–H groups in total. The molecule has 4 aliphatic heterocycles. The first-order valence-corrected chi connectivity index (χ1v) is 29.7. The third-order valence-electron chi connectivity index (χ3n) is 13.3. The highest BCUT2D eigenvalue weighted by Gasteiger charge is 2.30. The lowest BCUT2D eigenvalue weighted by atomic mass is 10.1. The van der Waals surface area contributed by atoms with Gasteiger partial charge < -0.3 is 68.9 Å². The standard InChI is InChI=1S/C17H22FN3O2.C17H25FN2O5S.C16H23FN2O3.C11H15FN2O/c1-17(2,3)23-16(22)21-9-7-20(8-10-21)15-11-13(12-19-4)5-6-14(15)18;1-17(2,3)23-16(21)20-9-7-19(8-10-20)15-11-13(5-6-14(15)18)12-22-24-25-26-4;1-16(2,3)22-15(21)19-8-6-18(7-9-19)14-10-12(11-20)4-5-13(14)17;12-10-2-1-9(8-15)7-11(10)14-5-3-13-4-6-14/h5-6,11H,7-10,12H2,1-3H3;5-6,11H,7-10,12H2,1-4H3;4-5,10,20H,6-9,11H2,1-3H3;1-2,7,13,15H,3-6,8H2. The van der Waals surface area contributed by atoms with Gasteiger partial charge in [-0.15, -0.1) is 4.33 Å². The Morgan fingerprint density at radius 3 is 1.12 bits per heavy atom. The molecule has 4 heterocycles. The van der Waals surface area contributed by atoms with Crippen LogP contribution in [-0.4, -0.2) is 171 Å². The largest absolute Gasteiger partial charge is 0.444 e. The summed E-state index contributed by atoms with van der Waals surface area (Å²) in [7, 11) is 0. The number of hydrogen-bond donors (Lipinski definition) is 3. The van der Waals surface area contributed by atoms with E-state index in [1.54, 1.807) is 69.5 Å². The van der Waals surface area contributed by atoms with Crippen molar-refractivity contribution in [2.75, 3.05) is 131 Å². The van der Waals surface area contributed by atoms with Crippen LogP contribution in [0.25, 0.3) is 4.85 Å². The number of aliphatic hydroxyl groups is 2. The summed E-state index contributed by atoms with van der Waals surface area (Å²) >= 11 is 1.01. The Morgan fingerprint density at radius 2 is 0.802 bits per heavy atom. The van der Waals surface area contributed by atoms with E-state index in [0.29, 0.717) is 107 Å². The van der Waals surface area contributed by atoms with Crippen LogP contribution in [0.15, 0.2) is 72.8 Å². The van der Waals surface area contributed by atoms with Gasteiger partial charge >= 0.3 is 18.3 Å². The second-order valence-electron chi connectivity index (χ2n) is 23.4. The van der Waals surface area contributed by atoms with Crippen molar-refractivity contribution in [2.45, 2.75) is 105 Å². The predicted molar refractivity (Wildman–Crippen MR) is 323 cm³/mol. The van der Waals surface area contributed by atoms with Crippen LogP contribution in [0.3, 0.4) is 0 Å². The topological polar surface area (TPSA) is 186 Å². The van der Waals surface area contributed by atoms with Gasteiger partial charge in [-0.1, -0.05) is 23.2 Å². The van der Waals surface area contributed by atoms with Crippen molar-refractivity contribution in [3.05, 3.63) is 130 Å². The molecule has 4 aliphatic rings. The van der Waals surface area contributed by atoms with Crippen LogP contribution in [0, 0.1) is 29.8 Å². The van der Waals surface area contributed by atoms with Gasteiger partial charge in [0.1, 0.15) is 46.7 Å². The van der Waals surface area contributed by atoms with Gasteiger partial charge in [0, 0.05) is 129 Å². The summed E-state index contributed by atoms with van der Waals surface area (Å²) in [4.78, 5) is 57.0. The number of nitrogens with one attached hydrogen (secondary N) is 1. The fourth-order valence-corrected chi connectivity index (χ4v) is 9.19. The number of piperazine rings is 4. The molecule has 0 radical (unpaired) electrons. The Kier molecular flexibility index (Phi) is 27.1. The number of nitrogens with zero attached hydrogens (tertiary/aromatic N) is 8. The molecule has 4 aromatic rings. The molecule has 3 amide bonds. The minimum atomic E-state index is -0.531. The summed E-state index contributed by atoms with van der Waals surface area (Å²) in [6.07, 6.45) is 0.679. The highest BCUT2D eigenvalue weighted by atomic mass is 32.2. The second-order valence-corrected chi connectivity index (χ2v) is 23.9. The predicted octanol–water partition coefficient (Wildman–Crippen LogP) is 9.95. The molecule has 4 aromatic carbocycles. The average Bonchev–Trinajstić information content (AvgIpc) is 3.45. The van der Waals surface area contributed by atoms with Gasteiger partial charge in [0.05, 0.1) is 36.0 Å². The number of ether oxygens (including phenoxy) is 3. The average molecular weight is 1230 g/mol. The number of carbonyl (C=O) groups is 3. The molecular formula is C61H85F4N9O11S. The number of rotatable bonds is 12. The van der Waals surface area contributed by atoms with E-state index in [2.05, 4.69) is 19.5 Å². The molecule has 8 rings (SSSR count). The van der Waals surface area contributed by atoms with Crippen LogP contribution in [0.4, 0.5) is 54.7 Å². The van der Waals surface area contributed by atoms with Crippen molar-refractivity contribution in [3.8, 4) is 0 Å². The molecule has 0 bridgehead atoms. The van der Waals surface area contributed by atoms with E-state index in [9.17, 15) is 31.9 Å². The Bertz CT molecular complexity index is 2840. The first kappa shape index (κ1) is 70.0. The number of carbonyl (C=O) groups excluding carboxylic acids is 3. The zero-order chi connectivity index (χ0) is 63.2. The lowest BCUT2D eigenvalue weighted by Crippen LogP contribution is -2.50. The molecule has 0 unspecified atom stereocenters. The van der Waals surface area contributed by atoms with Gasteiger partial charge in [-0.05, 0) is 134 Å². The molecule has 0 saturated carbocycles. The molecule has 0 atom stereocenters. The van der Waals surface area contributed by atoms with E-state index in [-0.39, 0.29) is 67.9 Å². The number of amides is 3. The van der Waals surface area contributed by atoms with Gasteiger partial charge in [-0.2, -0.15) is 0 Å². The molecular weight excluding hydrogens is 1140 g/mol. The minimum Gasteiger partial charge on any atom is -0.444 e. The van der Waals surface area contributed by atoms with E-state index >= 15 is 0 Å². The minimum absolute atomic E-state index is 0.0423. The lowest BCUT2D eigenvalue weighted by molar-refractivity contribution is -0.466. The SMILES string of the molecule is CC(C)(C)OC(=O)N1CCN(c2cc(CO)ccc2F)CC1.CSOOOCc1ccc(F)c(N2CCN(C(=O)OC(C)(C)C)CC2)c1.OCc1ccc(F)c(N2CCNCC2)c1.[C-]#[N+]Cc1ccc(F)c(N2CCN(C(=O)OC(C)(C)C)CC2)c1. The van der Waals surface area contributed by atoms with E-state index < -0.39 is 16.8 Å². The Morgan fingerprint density at radius 1 is 0.500 bits per heavy atom. The highest BCUT2D eigenvalue weighted by Crippen LogP contribution is 2.28. The van der Waals surface area contributed by atoms with Crippen LogP contribution < -0.4 is 24.9 Å². The van der Waals surface area contributed by atoms with Gasteiger partial charge in [-0.3, -0.25) is 0 Å². The monoisotopic (exact) mass is 1230 g/mol. The summed E-state index contributed by atoms with van der Waals surface area (Å²) in [5.41, 5.74) is 3.44. The lowest BCUT2D eigenvalue weighted by Gasteiger charge is -2.37. The summed E-state index contributed by atoms with van der Waals surface area (Å²) in [5, 5.41) is 25.9. The van der Waals surface area contributed by atoms with Crippen molar-refractivity contribution in [2.24, 2.45) is 0 Å². The van der Waals surface area contributed by atoms with Gasteiger partial charge in [-0.25, -0.2) is 43.4 Å². The number of aliphatic hydroxyl groups excluding tert-OH is 2. The maximum absolute atomic E-state index is 14.2. The maximum Gasteiger partial charge on any atom is 0.410 e. The van der Waals surface area contributed by atoms with E-state index in [1.807, 2.05) is 81.9 Å². The van der Waals surface area contributed by atoms with E-state index in [0.717, 1.165) is 54.9 Å². The number of benzene rings is 4. The van der Waals surface area contributed by atoms with Crippen molar-refractivity contribution in [1.29, 1.82) is 0 Å². The van der Waals surface area contributed by atoms with Crippen LogP contribution in [0.2, 0.25) is 0 Å². The molecule has 4 fully saturated rings. The van der Waals surface area contributed by atoms with Gasteiger partial charge in [0.15, 0.2) is 0 Å². The number of anilines is 4. The normalized spacial score (nSPS) is 15.7. The van der Waals surface area contributed by atoms with Crippen molar-refractivity contribution in [3.63, 3.8) is 0 Å². The second kappa shape index (κ2) is 33.4. The maximum atomic E-state index is 14.2. The molecule has 474 valence electrons. The van der Waals surface area contributed by atoms with E-state index in [1.165, 1.54) is 24.3 Å². The molecule has 20 nitrogen and oxygen atoms in total. The molecule has 25 heteroatoms. The van der Waals surface area contributed by atoms with Crippen LogP contribution in [0.5, 0.6) is 0 Å². The quantitative estimate of drug-likeness (QED) is 0.0231. The van der Waals surface area contributed by atoms with Crippen molar-refractivity contribution < 1.29 is 70.6 Å². The smallest absolute Gasteiger partial charge is 0.410 e. The first-order valence-electron chi connectivity index (χ1n) is 28.5. The third-order valence-corrected chi connectivity index (χ3v) is 13.5. The zero-order valence-electron chi connectivity index (χ0n) is 51.1. The number of hydrogen-bond acceptors (Lipinski definition) is 17. The Hall–Kier alpha value is -6.79. The van der Waals surface area contributed by atoms with Crippen LogP contribution >= 0.6 is 12.0 Å². The van der Waals surface area contributed by atoms with Crippen molar-refractivity contribution >= 4 is 53.1 Å². The summed E-state index contributed by atoms with van der Waals surface area (Å²) in [6.45, 7) is 33.1. The first-order chi connectivity index (χ1) is 40.7. The number of halogens is 4. The van der Waals surface area contributed by atoms with Crippen LogP contribution in [0.1, 0.15) is 84.6 Å². The fraction of sp³-hybridized carbons (Fsp3) is 0.541. The summed E-state index contributed by atoms with van der Waals surface area (Å²) < 4.78 is 76.4. The van der Waals surface area contributed by atoms with Gasteiger partial charge in [0.25, 0.3) is 0 Å². The molecule has 4 saturated heterocycles. The molecule has 0 spiro atoms. The van der Waals surface area contributed by atoms with Crippen LogP contribution in [-0.2, 0) is 54.8 Å². The van der Waals surface area contributed by atoms with Crippen molar-refractivity contribution in [1.82, 2.24) is 20.0 Å². The summed E-state index contributed by atoms with van der Waals surface area (Å²) in [6, 6.07) is 18.8. The Balaban J connectivity index is 0.000000212.